The summed E-state index contributed by atoms with van der Waals surface area (Å²) in [7, 11) is 0. The van der Waals surface area contributed by atoms with Crippen molar-refractivity contribution < 1.29 is 9.18 Å². The molecule has 1 amide bonds. The van der Waals surface area contributed by atoms with Gasteiger partial charge >= 0.3 is 0 Å². The summed E-state index contributed by atoms with van der Waals surface area (Å²) in [4.78, 5) is 12.0. The molecular weight excluding hydrogens is 245 g/mol. The number of halogens is 1. The summed E-state index contributed by atoms with van der Waals surface area (Å²) in [5, 5.41) is 6.81. The van der Waals surface area contributed by atoms with Crippen LogP contribution in [0.15, 0.2) is 36.5 Å². The van der Waals surface area contributed by atoms with E-state index in [1.165, 1.54) is 12.1 Å². The lowest BCUT2D eigenvalue weighted by molar-refractivity contribution is 0.102. The summed E-state index contributed by atoms with van der Waals surface area (Å²) in [6.07, 6.45) is 1.61. The van der Waals surface area contributed by atoms with Crippen molar-refractivity contribution in [2.24, 2.45) is 5.92 Å². The fourth-order valence-corrected chi connectivity index (χ4v) is 1.76. The van der Waals surface area contributed by atoms with Gasteiger partial charge in [-0.25, -0.2) is 9.07 Å². The molecule has 1 N–H and O–H groups in total. The molecule has 100 valence electrons. The standard InChI is InChI=1S/C14H16FN3O/c1-10(2)9-18-13(7-8-16-18)17-14(19)11-5-3-4-6-12(11)15/h3-8,10H,9H2,1-2H3,(H,17,19). The maximum atomic E-state index is 13.5. The fourth-order valence-electron chi connectivity index (χ4n) is 1.76. The van der Waals surface area contributed by atoms with Crippen LogP contribution in [0.1, 0.15) is 24.2 Å². The van der Waals surface area contributed by atoms with Gasteiger partial charge in [-0.05, 0) is 18.1 Å². The number of benzene rings is 1. The Balaban J connectivity index is 2.16. The van der Waals surface area contributed by atoms with E-state index in [9.17, 15) is 9.18 Å². The van der Waals surface area contributed by atoms with Crippen molar-refractivity contribution >= 4 is 11.7 Å². The third-order valence-corrected chi connectivity index (χ3v) is 2.61. The Kier molecular flexibility index (Phi) is 3.94. The summed E-state index contributed by atoms with van der Waals surface area (Å²) in [5.74, 6) is -0.0236. The molecule has 5 heteroatoms. The van der Waals surface area contributed by atoms with Crippen molar-refractivity contribution in [1.82, 2.24) is 9.78 Å². The van der Waals surface area contributed by atoms with Crippen molar-refractivity contribution in [3.8, 4) is 0 Å². The van der Waals surface area contributed by atoms with Gasteiger partial charge < -0.3 is 5.32 Å². The maximum absolute atomic E-state index is 13.5. The van der Waals surface area contributed by atoms with E-state index in [2.05, 4.69) is 24.3 Å². The Bertz CT molecular complexity index is 578. The summed E-state index contributed by atoms with van der Waals surface area (Å²) >= 11 is 0. The molecule has 0 aliphatic heterocycles. The van der Waals surface area contributed by atoms with E-state index in [0.29, 0.717) is 18.3 Å². The Morgan fingerprint density at radius 1 is 1.37 bits per heavy atom. The first-order chi connectivity index (χ1) is 9.08. The number of carbonyl (C=O) groups is 1. The lowest BCUT2D eigenvalue weighted by atomic mass is 10.2. The lowest BCUT2D eigenvalue weighted by Gasteiger charge is -2.11. The molecule has 1 aromatic heterocycles. The Labute approximate surface area is 111 Å². The van der Waals surface area contributed by atoms with Crippen molar-refractivity contribution in [3.63, 3.8) is 0 Å². The first kappa shape index (κ1) is 13.3. The van der Waals surface area contributed by atoms with Gasteiger partial charge in [0.2, 0.25) is 0 Å². The predicted molar refractivity (Wildman–Crippen MR) is 71.4 cm³/mol. The van der Waals surface area contributed by atoms with E-state index >= 15 is 0 Å². The molecule has 1 heterocycles. The molecule has 0 unspecified atom stereocenters. The van der Waals surface area contributed by atoms with Crippen LogP contribution in [-0.4, -0.2) is 15.7 Å². The molecule has 0 aliphatic rings. The highest BCUT2D eigenvalue weighted by molar-refractivity contribution is 6.03. The van der Waals surface area contributed by atoms with Crippen LogP contribution in [-0.2, 0) is 6.54 Å². The lowest BCUT2D eigenvalue weighted by Crippen LogP contribution is -2.18. The number of nitrogens with zero attached hydrogens (tertiary/aromatic N) is 2. The number of aromatic nitrogens is 2. The van der Waals surface area contributed by atoms with Crippen LogP contribution >= 0.6 is 0 Å². The molecule has 0 fully saturated rings. The number of anilines is 1. The van der Waals surface area contributed by atoms with Crippen LogP contribution < -0.4 is 5.32 Å². The molecular formula is C14H16FN3O. The van der Waals surface area contributed by atoms with Gasteiger partial charge in [-0.2, -0.15) is 5.10 Å². The normalized spacial score (nSPS) is 10.7. The van der Waals surface area contributed by atoms with Crippen molar-refractivity contribution in [3.05, 3.63) is 47.9 Å². The van der Waals surface area contributed by atoms with E-state index in [1.54, 1.807) is 29.1 Å². The second kappa shape index (κ2) is 5.65. The first-order valence-electron chi connectivity index (χ1n) is 6.15. The minimum absolute atomic E-state index is 0.0276. The molecule has 2 rings (SSSR count). The van der Waals surface area contributed by atoms with Gasteiger partial charge in [0, 0.05) is 12.6 Å². The predicted octanol–water partition coefficient (Wildman–Crippen LogP) is 2.93. The fraction of sp³-hybridized carbons (Fsp3) is 0.286. The van der Waals surface area contributed by atoms with Crippen LogP contribution in [0.2, 0.25) is 0 Å². The van der Waals surface area contributed by atoms with Crippen LogP contribution in [0.5, 0.6) is 0 Å². The van der Waals surface area contributed by atoms with Gasteiger partial charge in [0.25, 0.3) is 5.91 Å². The van der Waals surface area contributed by atoms with Gasteiger partial charge in [0.1, 0.15) is 11.6 Å². The summed E-state index contributed by atoms with van der Waals surface area (Å²) in [6.45, 7) is 4.81. The third-order valence-electron chi connectivity index (χ3n) is 2.61. The number of carbonyl (C=O) groups excluding carboxylic acids is 1. The van der Waals surface area contributed by atoms with Gasteiger partial charge in [-0.15, -0.1) is 0 Å². The zero-order valence-electron chi connectivity index (χ0n) is 10.9. The monoisotopic (exact) mass is 261 g/mol. The van der Waals surface area contributed by atoms with E-state index in [4.69, 9.17) is 0 Å². The van der Waals surface area contributed by atoms with Crippen LogP contribution in [0.4, 0.5) is 10.2 Å². The molecule has 2 aromatic rings. The van der Waals surface area contributed by atoms with Crippen LogP contribution in [0, 0.1) is 11.7 Å². The Morgan fingerprint density at radius 3 is 2.79 bits per heavy atom. The quantitative estimate of drug-likeness (QED) is 0.919. The number of hydrogen-bond acceptors (Lipinski definition) is 2. The maximum Gasteiger partial charge on any atom is 0.259 e. The number of hydrogen-bond donors (Lipinski definition) is 1. The molecule has 0 saturated heterocycles. The van der Waals surface area contributed by atoms with Gasteiger partial charge in [0.15, 0.2) is 0 Å². The second-order valence-electron chi connectivity index (χ2n) is 4.73. The minimum atomic E-state index is -0.532. The molecule has 4 nitrogen and oxygen atoms in total. The Hall–Kier alpha value is -2.17. The van der Waals surface area contributed by atoms with E-state index in [1.807, 2.05) is 0 Å². The molecule has 0 bridgehead atoms. The van der Waals surface area contributed by atoms with Crippen LogP contribution in [0.25, 0.3) is 0 Å². The molecule has 0 aliphatic carbocycles. The second-order valence-corrected chi connectivity index (χ2v) is 4.73. The van der Waals surface area contributed by atoms with Gasteiger partial charge in [0.05, 0.1) is 11.8 Å². The molecule has 19 heavy (non-hydrogen) atoms. The minimum Gasteiger partial charge on any atom is -0.307 e. The molecule has 0 spiro atoms. The number of rotatable bonds is 4. The van der Waals surface area contributed by atoms with E-state index < -0.39 is 11.7 Å². The van der Waals surface area contributed by atoms with Crippen molar-refractivity contribution in [2.45, 2.75) is 20.4 Å². The SMILES string of the molecule is CC(C)Cn1nccc1NC(=O)c1ccccc1F. The largest absolute Gasteiger partial charge is 0.307 e. The van der Waals surface area contributed by atoms with Crippen LogP contribution in [0.3, 0.4) is 0 Å². The highest BCUT2D eigenvalue weighted by Gasteiger charge is 2.13. The summed E-state index contributed by atoms with van der Waals surface area (Å²) < 4.78 is 15.2. The molecule has 0 radical (unpaired) electrons. The Morgan fingerprint density at radius 2 is 2.11 bits per heavy atom. The summed E-state index contributed by atoms with van der Waals surface area (Å²) in [5.41, 5.74) is 0.0276. The average molecular weight is 261 g/mol. The number of nitrogens with one attached hydrogen (secondary N) is 1. The summed E-state index contributed by atoms with van der Waals surface area (Å²) in [6, 6.07) is 7.59. The van der Waals surface area contributed by atoms with Crippen molar-refractivity contribution in [2.75, 3.05) is 5.32 Å². The van der Waals surface area contributed by atoms with Crippen molar-refractivity contribution in [1.29, 1.82) is 0 Å². The zero-order valence-corrected chi connectivity index (χ0v) is 10.9. The van der Waals surface area contributed by atoms with Gasteiger partial charge in [-0.1, -0.05) is 26.0 Å². The topological polar surface area (TPSA) is 46.9 Å². The molecule has 0 atom stereocenters. The smallest absolute Gasteiger partial charge is 0.259 e. The molecule has 1 aromatic carbocycles. The van der Waals surface area contributed by atoms with E-state index in [0.717, 1.165) is 0 Å². The van der Waals surface area contributed by atoms with Gasteiger partial charge in [-0.3, -0.25) is 4.79 Å². The first-order valence-corrected chi connectivity index (χ1v) is 6.15. The third kappa shape index (κ3) is 3.19. The highest BCUT2D eigenvalue weighted by Crippen LogP contribution is 2.13. The number of amides is 1. The zero-order chi connectivity index (χ0) is 13.8. The highest BCUT2D eigenvalue weighted by atomic mass is 19.1. The van der Waals surface area contributed by atoms with E-state index in [-0.39, 0.29) is 5.56 Å². The molecule has 0 saturated carbocycles. The average Bonchev–Trinajstić information content (AvgIpc) is 2.76.